The second-order valence-electron chi connectivity index (χ2n) is 6.48. The number of hydrogen-bond donors (Lipinski definition) is 0. The Balaban J connectivity index is 1.44. The van der Waals surface area contributed by atoms with E-state index in [2.05, 4.69) is 20.0 Å². The van der Waals surface area contributed by atoms with Gasteiger partial charge in [0, 0.05) is 46.3 Å². The van der Waals surface area contributed by atoms with Crippen LogP contribution in [0.1, 0.15) is 12.8 Å². The van der Waals surface area contributed by atoms with Crippen LogP contribution in [0.25, 0.3) is 11.0 Å². The first-order valence-electron chi connectivity index (χ1n) is 8.61. The Hall–Kier alpha value is -2.71. The summed E-state index contributed by atoms with van der Waals surface area (Å²) in [5.41, 5.74) is 0.785. The van der Waals surface area contributed by atoms with Gasteiger partial charge in [-0.1, -0.05) is 0 Å². The second-order valence-corrected chi connectivity index (χ2v) is 6.48. The average Bonchev–Trinajstić information content (AvgIpc) is 3.31. The number of carbonyl (C=O) groups is 2. The standard InChI is InChI=1S/C16H21N7O2/c1-20-13-12(10-19-20)14(18-11-17-13)21-6-8-23(9-7-21)16(25)15(24)22-4-2-3-5-22/h10-11H,2-9H2,1H3. The maximum Gasteiger partial charge on any atom is 0.312 e. The maximum atomic E-state index is 12.4. The van der Waals surface area contributed by atoms with Gasteiger partial charge in [-0.15, -0.1) is 0 Å². The molecule has 9 nitrogen and oxygen atoms in total. The zero-order chi connectivity index (χ0) is 17.4. The van der Waals surface area contributed by atoms with E-state index in [0.717, 1.165) is 29.7 Å². The van der Waals surface area contributed by atoms with Crippen LogP contribution < -0.4 is 4.90 Å². The Morgan fingerprint density at radius 1 is 0.920 bits per heavy atom. The van der Waals surface area contributed by atoms with Crippen LogP contribution >= 0.6 is 0 Å². The van der Waals surface area contributed by atoms with Crippen molar-refractivity contribution in [2.75, 3.05) is 44.2 Å². The molecule has 0 radical (unpaired) electrons. The molecular formula is C16H21N7O2. The molecule has 2 aromatic heterocycles. The Labute approximate surface area is 145 Å². The molecule has 2 aromatic rings. The van der Waals surface area contributed by atoms with E-state index in [1.807, 2.05) is 7.05 Å². The van der Waals surface area contributed by atoms with Crippen LogP contribution in [0.2, 0.25) is 0 Å². The molecule has 4 rings (SSSR count). The minimum absolute atomic E-state index is 0.359. The molecule has 0 bridgehead atoms. The topological polar surface area (TPSA) is 87.5 Å². The molecule has 25 heavy (non-hydrogen) atoms. The fourth-order valence-electron chi connectivity index (χ4n) is 3.51. The number of hydrogen-bond acceptors (Lipinski definition) is 6. The number of aryl methyl sites for hydroxylation is 1. The van der Waals surface area contributed by atoms with Crippen LogP contribution in [-0.4, -0.2) is 80.6 Å². The van der Waals surface area contributed by atoms with Crippen LogP contribution in [0.3, 0.4) is 0 Å². The molecule has 0 unspecified atom stereocenters. The summed E-state index contributed by atoms with van der Waals surface area (Å²) in [4.78, 5) is 38.8. The van der Waals surface area contributed by atoms with E-state index in [9.17, 15) is 9.59 Å². The number of rotatable bonds is 1. The number of anilines is 1. The summed E-state index contributed by atoms with van der Waals surface area (Å²) in [6.45, 7) is 3.71. The third kappa shape index (κ3) is 2.79. The van der Waals surface area contributed by atoms with Crippen LogP contribution in [0, 0.1) is 0 Å². The molecule has 2 aliphatic heterocycles. The third-order valence-corrected chi connectivity index (χ3v) is 4.95. The van der Waals surface area contributed by atoms with Gasteiger partial charge in [-0.25, -0.2) is 9.97 Å². The van der Waals surface area contributed by atoms with Crippen molar-refractivity contribution in [3.05, 3.63) is 12.5 Å². The summed E-state index contributed by atoms with van der Waals surface area (Å²) in [5.74, 6) is 0.0921. The van der Waals surface area contributed by atoms with E-state index in [-0.39, 0.29) is 11.8 Å². The molecule has 2 amide bonds. The van der Waals surface area contributed by atoms with Gasteiger partial charge < -0.3 is 14.7 Å². The van der Waals surface area contributed by atoms with E-state index in [1.54, 1.807) is 20.7 Å². The first kappa shape index (κ1) is 15.8. The molecule has 0 aromatic carbocycles. The van der Waals surface area contributed by atoms with Gasteiger partial charge in [-0.3, -0.25) is 14.3 Å². The summed E-state index contributed by atoms with van der Waals surface area (Å²) in [6, 6.07) is 0. The average molecular weight is 343 g/mol. The lowest BCUT2D eigenvalue weighted by atomic mass is 10.2. The first-order chi connectivity index (χ1) is 12.1. The zero-order valence-electron chi connectivity index (χ0n) is 14.3. The minimum Gasteiger partial charge on any atom is -0.352 e. The molecule has 2 saturated heterocycles. The molecular weight excluding hydrogens is 322 g/mol. The van der Waals surface area contributed by atoms with E-state index in [1.165, 1.54) is 6.33 Å². The second kappa shape index (κ2) is 6.30. The largest absolute Gasteiger partial charge is 0.352 e. The summed E-state index contributed by atoms with van der Waals surface area (Å²) >= 11 is 0. The predicted molar refractivity (Wildman–Crippen MR) is 90.9 cm³/mol. The Bertz CT molecular complexity index is 804. The van der Waals surface area contributed by atoms with Gasteiger partial charge in [0.1, 0.15) is 12.1 Å². The van der Waals surface area contributed by atoms with Gasteiger partial charge in [0.25, 0.3) is 0 Å². The lowest BCUT2D eigenvalue weighted by molar-refractivity contribution is -0.151. The maximum absolute atomic E-state index is 12.4. The fourth-order valence-corrected chi connectivity index (χ4v) is 3.51. The smallest absolute Gasteiger partial charge is 0.312 e. The fraction of sp³-hybridized carbons (Fsp3) is 0.562. The summed E-state index contributed by atoms with van der Waals surface area (Å²) in [5, 5.41) is 5.14. The molecule has 2 fully saturated rings. The predicted octanol–water partition coefficient (Wildman–Crippen LogP) is -0.366. The van der Waals surface area contributed by atoms with E-state index in [4.69, 9.17) is 0 Å². The number of piperazine rings is 1. The highest BCUT2D eigenvalue weighted by atomic mass is 16.2. The van der Waals surface area contributed by atoms with Gasteiger partial charge >= 0.3 is 11.8 Å². The monoisotopic (exact) mass is 343 g/mol. The van der Waals surface area contributed by atoms with Gasteiger partial charge in [-0.05, 0) is 12.8 Å². The molecule has 0 saturated carbocycles. The highest BCUT2D eigenvalue weighted by Gasteiger charge is 2.31. The number of nitrogens with zero attached hydrogens (tertiary/aromatic N) is 7. The van der Waals surface area contributed by atoms with Crippen molar-refractivity contribution < 1.29 is 9.59 Å². The highest BCUT2D eigenvalue weighted by Crippen LogP contribution is 2.23. The normalized spacial score (nSPS) is 18.2. The molecule has 0 atom stereocenters. The molecule has 132 valence electrons. The quantitative estimate of drug-likeness (QED) is 0.657. The highest BCUT2D eigenvalue weighted by molar-refractivity contribution is 6.35. The first-order valence-corrected chi connectivity index (χ1v) is 8.61. The number of aromatic nitrogens is 4. The number of likely N-dealkylation sites (tertiary alicyclic amines) is 1. The Morgan fingerprint density at radius 2 is 1.56 bits per heavy atom. The number of fused-ring (bicyclic) bond motifs is 1. The number of amides is 2. The molecule has 0 spiro atoms. The SMILES string of the molecule is Cn1ncc2c(N3CCN(C(=O)C(=O)N4CCCC4)CC3)ncnc21. The molecule has 4 heterocycles. The minimum atomic E-state index is -0.379. The van der Waals surface area contributed by atoms with Crippen LogP contribution in [0.15, 0.2) is 12.5 Å². The summed E-state index contributed by atoms with van der Waals surface area (Å²) < 4.78 is 1.72. The van der Waals surface area contributed by atoms with Crippen molar-refractivity contribution in [2.45, 2.75) is 12.8 Å². The molecule has 2 aliphatic rings. The van der Waals surface area contributed by atoms with Gasteiger partial charge in [0.05, 0.1) is 11.6 Å². The Kier molecular flexibility index (Phi) is 3.98. The van der Waals surface area contributed by atoms with Crippen molar-refractivity contribution in [2.24, 2.45) is 7.05 Å². The van der Waals surface area contributed by atoms with Gasteiger partial charge in [0.15, 0.2) is 5.65 Å². The van der Waals surface area contributed by atoms with Crippen LogP contribution in [0.4, 0.5) is 5.82 Å². The van der Waals surface area contributed by atoms with Gasteiger partial charge in [0.2, 0.25) is 0 Å². The third-order valence-electron chi connectivity index (χ3n) is 4.95. The number of carbonyl (C=O) groups excluding carboxylic acids is 2. The van der Waals surface area contributed by atoms with E-state index >= 15 is 0 Å². The van der Waals surface area contributed by atoms with Crippen molar-refractivity contribution in [1.29, 1.82) is 0 Å². The van der Waals surface area contributed by atoms with Crippen molar-refractivity contribution in [3.8, 4) is 0 Å². The molecule has 9 heteroatoms. The lowest BCUT2D eigenvalue weighted by Crippen LogP contribution is -2.53. The Morgan fingerprint density at radius 3 is 2.24 bits per heavy atom. The van der Waals surface area contributed by atoms with Crippen LogP contribution in [-0.2, 0) is 16.6 Å². The lowest BCUT2D eigenvalue weighted by Gasteiger charge is -2.35. The molecule has 0 N–H and O–H groups in total. The molecule has 0 aliphatic carbocycles. The summed E-state index contributed by atoms with van der Waals surface area (Å²) in [6.07, 6.45) is 5.27. The van der Waals surface area contributed by atoms with Gasteiger partial charge in [-0.2, -0.15) is 5.10 Å². The van der Waals surface area contributed by atoms with E-state index < -0.39 is 0 Å². The van der Waals surface area contributed by atoms with Crippen LogP contribution in [0.5, 0.6) is 0 Å². The zero-order valence-corrected chi connectivity index (χ0v) is 14.3. The van der Waals surface area contributed by atoms with Crippen molar-refractivity contribution in [1.82, 2.24) is 29.5 Å². The van der Waals surface area contributed by atoms with E-state index in [0.29, 0.717) is 39.3 Å². The van der Waals surface area contributed by atoms with Crippen molar-refractivity contribution in [3.63, 3.8) is 0 Å². The van der Waals surface area contributed by atoms with Crippen molar-refractivity contribution >= 4 is 28.7 Å². The summed E-state index contributed by atoms with van der Waals surface area (Å²) in [7, 11) is 1.85.